The van der Waals surface area contributed by atoms with Crippen LogP contribution in [0.3, 0.4) is 0 Å². The number of hydrogen-bond donors (Lipinski definition) is 0. The van der Waals surface area contributed by atoms with Gasteiger partial charge in [-0.1, -0.05) is 22.9 Å². The molecule has 0 aliphatic heterocycles. The molecule has 0 spiro atoms. The summed E-state index contributed by atoms with van der Waals surface area (Å²) in [5.74, 6) is 0. The van der Waals surface area contributed by atoms with Crippen molar-refractivity contribution >= 4 is 22.9 Å². The van der Waals surface area contributed by atoms with Crippen molar-refractivity contribution in [3.63, 3.8) is 0 Å². The second-order valence-corrected chi connectivity index (χ2v) is 3.05. The fourth-order valence-electron chi connectivity index (χ4n) is 0.449. The number of halogens is 4. The van der Waals surface area contributed by atoms with Crippen LogP contribution in [0.2, 0.25) is 5.15 Å². The SMILES string of the molecule is FC(F)(F)COc1nc(Cl)cs1. The van der Waals surface area contributed by atoms with Gasteiger partial charge < -0.3 is 4.74 Å². The van der Waals surface area contributed by atoms with Crippen LogP contribution in [-0.4, -0.2) is 17.8 Å². The molecular weight excluding hydrogens is 215 g/mol. The maximum Gasteiger partial charge on any atom is 0.422 e. The van der Waals surface area contributed by atoms with Gasteiger partial charge in [0, 0.05) is 5.38 Å². The number of hydrogen-bond acceptors (Lipinski definition) is 3. The first-order valence-electron chi connectivity index (χ1n) is 2.78. The molecule has 7 heteroatoms. The van der Waals surface area contributed by atoms with Gasteiger partial charge in [-0.15, -0.1) is 0 Å². The standard InChI is InChI=1S/C5H3ClF3NOS/c6-3-1-12-4(10-3)11-2-5(7,8)9/h1H,2H2. The lowest BCUT2D eigenvalue weighted by molar-refractivity contribution is -0.153. The molecule has 1 aromatic heterocycles. The van der Waals surface area contributed by atoms with Crippen molar-refractivity contribution in [3.05, 3.63) is 10.5 Å². The Morgan fingerprint density at radius 1 is 1.58 bits per heavy atom. The number of aromatic nitrogens is 1. The molecule has 1 aromatic rings. The topological polar surface area (TPSA) is 22.1 Å². The van der Waals surface area contributed by atoms with E-state index >= 15 is 0 Å². The average Bonchev–Trinajstić information content (AvgIpc) is 2.30. The Bertz CT molecular complexity index is 261. The second kappa shape index (κ2) is 3.49. The summed E-state index contributed by atoms with van der Waals surface area (Å²) < 4.78 is 39.0. The van der Waals surface area contributed by atoms with Crippen LogP contribution in [0, 0.1) is 0 Å². The Labute approximate surface area is 74.9 Å². The molecule has 68 valence electrons. The zero-order valence-electron chi connectivity index (χ0n) is 5.56. The van der Waals surface area contributed by atoms with E-state index in [1.165, 1.54) is 5.38 Å². The number of ether oxygens (including phenoxy) is 1. The average molecular weight is 218 g/mol. The molecule has 0 aromatic carbocycles. The van der Waals surface area contributed by atoms with Gasteiger partial charge in [0.1, 0.15) is 5.15 Å². The highest BCUT2D eigenvalue weighted by Crippen LogP contribution is 2.23. The highest BCUT2D eigenvalue weighted by molar-refractivity contribution is 7.11. The van der Waals surface area contributed by atoms with E-state index < -0.39 is 12.8 Å². The third kappa shape index (κ3) is 3.27. The highest BCUT2D eigenvalue weighted by atomic mass is 35.5. The minimum atomic E-state index is -4.34. The molecule has 0 atom stereocenters. The van der Waals surface area contributed by atoms with Crippen LogP contribution in [0.5, 0.6) is 5.19 Å². The minimum Gasteiger partial charge on any atom is -0.460 e. The van der Waals surface area contributed by atoms with Crippen LogP contribution in [0.1, 0.15) is 0 Å². The van der Waals surface area contributed by atoms with E-state index in [1.54, 1.807) is 0 Å². The smallest absolute Gasteiger partial charge is 0.422 e. The Balaban J connectivity index is 2.44. The number of rotatable bonds is 2. The highest BCUT2D eigenvalue weighted by Gasteiger charge is 2.28. The monoisotopic (exact) mass is 217 g/mol. The Hall–Kier alpha value is -0.490. The zero-order valence-corrected chi connectivity index (χ0v) is 7.13. The summed E-state index contributed by atoms with van der Waals surface area (Å²) in [6.07, 6.45) is -4.34. The molecule has 0 aliphatic rings. The summed E-state index contributed by atoms with van der Waals surface area (Å²) >= 11 is 6.27. The quantitative estimate of drug-likeness (QED) is 0.760. The number of nitrogens with zero attached hydrogens (tertiary/aromatic N) is 1. The maximum atomic E-state index is 11.6. The Morgan fingerprint density at radius 2 is 2.25 bits per heavy atom. The van der Waals surface area contributed by atoms with E-state index in [-0.39, 0.29) is 10.3 Å². The zero-order chi connectivity index (χ0) is 9.19. The van der Waals surface area contributed by atoms with E-state index in [1.807, 2.05) is 0 Å². The van der Waals surface area contributed by atoms with E-state index in [4.69, 9.17) is 11.6 Å². The van der Waals surface area contributed by atoms with Gasteiger partial charge in [-0.25, -0.2) is 0 Å². The van der Waals surface area contributed by atoms with Gasteiger partial charge >= 0.3 is 6.18 Å². The van der Waals surface area contributed by atoms with E-state index in [0.29, 0.717) is 0 Å². The minimum absolute atomic E-state index is 0.0719. The third-order valence-corrected chi connectivity index (χ3v) is 1.89. The fourth-order valence-corrected chi connectivity index (χ4v) is 1.24. The summed E-state index contributed by atoms with van der Waals surface area (Å²) in [5.41, 5.74) is 0. The predicted octanol–water partition coefficient (Wildman–Crippen LogP) is 2.74. The molecule has 0 unspecified atom stereocenters. The van der Waals surface area contributed by atoms with Crippen LogP contribution in [-0.2, 0) is 0 Å². The molecule has 0 fully saturated rings. The number of thiazole rings is 1. The lowest BCUT2D eigenvalue weighted by Crippen LogP contribution is -2.19. The molecule has 0 saturated carbocycles. The van der Waals surface area contributed by atoms with Gasteiger partial charge in [-0.2, -0.15) is 18.2 Å². The molecule has 0 saturated heterocycles. The molecule has 12 heavy (non-hydrogen) atoms. The molecule has 1 heterocycles. The van der Waals surface area contributed by atoms with Crippen molar-refractivity contribution in [2.45, 2.75) is 6.18 Å². The van der Waals surface area contributed by atoms with Crippen LogP contribution in [0.15, 0.2) is 5.38 Å². The molecule has 0 aliphatic carbocycles. The molecule has 1 rings (SSSR count). The summed E-state index contributed by atoms with van der Waals surface area (Å²) in [5, 5.41) is 1.46. The Morgan fingerprint density at radius 3 is 2.67 bits per heavy atom. The van der Waals surface area contributed by atoms with Gasteiger partial charge in [0.05, 0.1) is 0 Å². The van der Waals surface area contributed by atoms with Gasteiger partial charge in [0.25, 0.3) is 5.19 Å². The number of alkyl halides is 3. The van der Waals surface area contributed by atoms with Crippen molar-refractivity contribution in [1.29, 1.82) is 0 Å². The molecular formula is C5H3ClF3NOS. The van der Waals surface area contributed by atoms with E-state index in [2.05, 4.69) is 9.72 Å². The third-order valence-electron chi connectivity index (χ3n) is 0.814. The van der Waals surface area contributed by atoms with Gasteiger partial charge in [0.15, 0.2) is 6.61 Å². The van der Waals surface area contributed by atoms with Gasteiger partial charge in [0.2, 0.25) is 0 Å². The first-order chi connectivity index (χ1) is 5.47. The van der Waals surface area contributed by atoms with Crippen molar-refractivity contribution < 1.29 is 17.9 Å². The van der Waals surface area contributed by atoms with Crippen LogP contribution in [0.25, 0.3) is 0 Å². The largest absolute Gasteiger partial charge is 0.460 e. The molecule has 0 radical (unpaired) electrons. The second-order valence-electron chi connectivity index (χ2n) is 1.84. The molecule has 0 bridgehead atoms. The summed E-state index contributed by atoms with van der Waals surface area (Å²) in [6.45, 7) is -1.34. The maximum absolute atomic E-state index is 11.6. The molecule has 2 nitrogen and oxygen atoms in total. The summed E-state index contributed by atoms with van der Waals surface area (Å²) in [4.78, 5) is 3.48. The molecule has 0 amide bonds. The van der Waals surface area contributed by atoms with Gasteiger partial charge in [-0.3, -0.25) is 0 Å². The van der Waals surface area contributed by atoms with E-state index in [0.717, 1.165) is 11.3 Å². The summed E-state index contributed by atoms with van der Waals surface area (Å²) in [6, 6.07) is 0. The van der Waals surface area contributed by atoms with Crippen LogP contribution >= 0.6 is 22.9 Å². The summed E-state index contributed by atoms with van der Waals surface area (Å²) in [7, 11) is 0. The molecule has 0 N–H and O–H groups in total. The Kier molecular flexibility index (Phi) is 2.79. The predicted molar refractivity (Wildman–Crippen MR) is 38.7 cm³/mol. The van der Waals surface area contributed by atoms with Crippen molar-refractivity contribution in [2.24, 2.45) is 0 Å². The normalized spacial score (nSPS) is 11.7. The first kappa shape index (κ1) is 9.60. The first-order valence-corrected chi connectivity index (χ1v) is 4.04. The van der Waals surface area contributed by atoms with Crippen molar-refractivity contribution in [1.82, 2.24) is 4.98 Å². The van der Waals surface area contributed by atoms with Crippen LogP contribution < -0.4 is 4.74 Å². The van der Waals surface area contributed by atoms with Crippen molar-refractivity contribution in [3.8, 4) is 5.19 Å². The fraction of sp³-hybridized carbons (Fsp3) is 0.400. The lowest BCUT2D eigenvalue weighted by Gasteiger charge is -2.04. The lowest BCUT2D eigenvalue weighted by atomic mass is 10.7. The van der Waals surface area contributed by atoms with Crippen LogP contribution in [0.4, 0.5) is 13.2 Å². The van der Waals surface area contributed by atoms with Gasteiger partial charge in [-0.05, 0) is 0 Å². The van der Waals surface area contributed by atoms with E-state index in [9.17, 15) is 13.2 Å². The van der Waals surface area contributed by atoms with Crippen molar-refractivity contribution in [2.75, 3.05) is 6.61 Å².